The number of nitrogens with one attached hydrogen (secondary N) is 1. The lowest BCUT2D eigenvalue weighted by Crippen LogP contribution is -2.32. The molecule has 24 heavy (non-hydrogen) atoms. The largest absolute Gasteiger partial charge is 0.433 e. The van der Waals surface area contributed by atoms with Crippen LogP contribution in [0, 0.1) is 6.92 Å². The summed E-state index contributed by atoms with van der Waals surface area (Å²) in [6, 6.07) is 10.7. The van der Waals surface area contributed by atoms with Crippen LogP contribution >= 0.6 is 12.4 Å². The Morgan fingerprint density at radius 2 is 1.83 bits per heavy atom. The molecule has 0 aliphatic carbocycles. The molecule has 0 saturated carbocycles. The number of pyridine rings is 1. The van der Waals surface area contributed by atoms with Crippen molar-refractivity contribution in [2.45, 2.75) is 19.1 Å². The number of nitrogens with zero attached hydrogens (tertiary/aromatic N) is 1. The Balaban J connectivity index is 0.00000288. The van der Waals surface area contributed by atoms with E-state index in [0.717, 1.165) is 17.7 Å². The predicted molar refractivity (Wildman–Crippen MR) is 86.9 cm³/mol. The lowest BCUT2D eigenvalue weighted by atomic mass is 10.1. The number of nitrogens with two attached hydrogens (primary N) is 1. The topological polar surface area (TPSA) is 68.0 Å². The van der Waals surface area contributed by atoms with Gasteiger partial charge in [-0.1, -0.05) is 30.3 Å². The van der Waals surface area contributed by atoms with Crippen molar-refractivity contribution >= 4 is 18.3 Å². The molecule has 1 aromatic heterocycles. The predicted octanol–water partition coefficient (Wildman–Crippen LogP) is 3.26. The molecule has 8 heteroatoms. The molecule has 1 atom stereocenters. The minimum atomic E-state index is -4.53. The summed E-state index contributed by atoms with van der Waals surface area (Å²) in [6.45, 7) is 1.53. The maximum atomic E-state index is 12.6. The fraction of sp³-hybridized carbons (Fsp3) is 0.250. The number of hydrogen-bond donors (Lipinski definition) is 2. The zero-order valence-corrected chi connectivity index (χ0v) is 13.6. The number of halogens is 4. The molecule has 0 bridgehead atoms. The van der Waals surface area contributed by atoms with E-state index in [4.69, 9.17) is 5.73 Å². The fourth-order valence-corrected chi connectivity index (χ4v) is 2.07. The van der Waals surface area contributed by atoms with Crippen LogP contribution in [0.25, 0.3) is 0 Å². The number of carbonyl (C=O) groups excluding carboxylic acids is 1. The normalized spacial score (nSPS) is 12.2. The van der Waals surface area contributed by atoms with Gasteiger partial charge in [0.2, 0.25) is 0 Å². The molecule has 0 aliphatic rings. The summed E-state index contributed by atoms with van der Waals surface area (Å²) in [7, 11) is 0. The van der Waals surface area contributed by atoms with Gasteiger partial charge in [0.15, 0.2) is 0 Å². The highest BCUT2D eigenvalue weighted by atomic mass is 35.5. The molecule has 2 aromatic rings. The van der Waals surface area contributed by atoms with Crippen molar-refractivity contribution in [3.8, 4) is 0 Å². The van der Waals surface area contributed by atoms with Crippen LogP contribution in [0.5, 0.6) is 0 Å². The molecule has 1 unspecified atom stereocenters. The van der Waals surface area contributed by atoms with Crippen molar-refractivity contribution in [2.75, 3.05) is 6.54 Å². The number of alkyl halides is 3. The molecule has 0 saturated heterocycles. The van der Waals surface area contributed by atoms with Crippen LogP contribution in [0.2, 0.25) is 0 Å². The molecule has 2 rings (SSSR count). The summed E-state index contributed by atoms with van der Waals surface area (Å²) in [4.78, 5) is 15.5. The van der Waals surface area contributed by atoms with E-state index in [1.54, 1.807) is 0 Å². The van der Waals surface area contributed by atoms with Gasteiger partial charge in [-0.25, -0.2) is 4.98 Å². The number of amides is 1. The van der Waals surface area contributed by atoms with Gasteiger partial charge in [-0.3, -0.25) is 4.79 Å². The van der Waals surface area contributed by atoms with Gasteiger partial charge in [-0.05, 0) is 24.6 Å². The van der Waals surface area contributed by atoms with Crippen LogP contribution < -0.4 is 11.1 Å². The van der Waals surface area contributed by atoms with Crippen LogP contribution in [-0.2, 0) is 6.18 Å². The lowest BCUT2D eigenvalue weighted by Gasteiger charge is -2.14. The van der Waals surface area contributed by atoms with Crippen molar-refractivity contribution in [2.24, 2.45) is 5.73 Å². The number of aryl methyl sites for hydroxylation is 1. The highest BCUT2D eigenvalue weighted by Crippen LogP contribution is 2.28. The monoisotopic (exact) mass is 359 g/mol. The number of carbonyl (C=O) groups is 1. The van der Waals surface area contributed by atoms with Crippen LogP contribution in [0.1, 0.15) is 33.4 Å². The third kappa shape index (κ3) is 4.94. The first kappa shape index (κ1) is 19.9. The summed E-state index contributed by atoms with van der Waals surface area (Å²) in [5, 5.41) is 2.61. The standard InChI is InChI=1S/C16H16F3N3O.ClH/c1-10-12(7-8-14(22-10)16(17,18)19)15(23)21-9-13(20)11-5-3-2-4-6-11;/h2-8,13H,9,20H2,1H3,(H,21,23);1H. The van der Waals surface area contributed by atoms with E-state index in [1.807, 2.05) is 30.3 Å². The Morgan fingerprint density at radius 3 is 2.38 bits per heavy atom. The van der Waals surface area contributed by atoms with Gasteiger partial charge < -0.3 is 11.1 Å². The highest BCUT2D eigenvalue weighted by Gasteiger charge is 2.33. The van der Waals surface area contributed by atoms with E-state index in [9.17, 15) is 18.0 Å². The van der Waals surface area contributed by atoms with E-state index < -0.39 is 23.8 Å². The summed E-state index contributed by atoms with van der Waals surface area (Å²) < 4.78 is 37.7. The maximum Gasteiger partial charge on any atom is 0.433 e. The quantitative estimate of drug-likeness (QED) is 0.880. The van der Waals surface area contributed by atoms with Gasteiger partial charge in [0.05, 0.1) is 11.3 Å². The SMILES string of the molecule is Cc1nc(C(F)(F)F)ccc1C(=O)NCC(N)c1ccccc1.Cl. The maximum absolute atomic E-state index is 12.6. The van der Waals surface area contributed by atoms with Crippen molar-refractivity contribution in [1.82, 2.24) is 10.3 Å². The molecule has 1 aromatic carbocycles. The third-order valence-electron chi connectivity index (χ3n) is 3.33. The zero-order chi connectivity index (χ0) is 17.0. The minimum absolute atomic E-state index is 0. The second-order valence-corrected chi connectivity index (χ2v) is 5.05. The van der Waals surface area contributed by atoms with E-state index in [1.165, 1.54) is 6.92 Å². The van der Waals surface area contributed by atoms with E-state index in [2.05, 4.69) is 10.3 Å². The first-order chi connectivity index (χ1) is 10.8. The molecule has 0 aliphatic heterocycles. The summed E-state index contributed by atoms with van der Waals surface area (Å²) in [6.07, 6.45) is -4.53. The van der Waals surface area contributed by atoms with Gasteiger partial charge >= 0.3 is 6.18 Å². The summed E-state index contributed by atoms with van der Waals surface area (Å²) in [5.74, 6) is -0.505. The van der Waals surface area contributed by atoms with Gasteiger partial charge in [0.1, 0.15) is 5.69 Å². The number of aromatic nitrogens is 1. The Hall–Kier alpha value is -2.12. The van der Waals surface area contributed by atoms with E-state index in [-0.39, 0.29) is 30.2 Å². The third-order valence-corrected chi connectivity index (χ3v) is 3.33. The van der Waals surface area contributed by atoms with Gasteiger partial charge in [-0.2, -0.15) is 13.2 Å². The Labute approximate surface area is 143 Å². The van der Waals surface area contributed by atoms with Crippen molar-refractivity contribution in [3.63, 3.8) is 0 Å². The Morgan fingerprint density at radius 1 is 1.21 bits per heavy atom. The lowest BCUT2D eigenvalue weighted by molar-refractivity contribution is -0.141. The molecule has 1 amide bonds. The van der Waals surface area contributed by atoms with E-state index >= 15 is 0 Å². The molecule has 3 N–H and O–H groups in total. The molecule has 0 radical (unpaired) electrons. The van der Waals surface area contributed by atoms with Gasteiger partial charge in [0, 0.05) is 12.6 Å². The van der Waals surface area contributed by atoms with Gasteiger partial charge in [0.25, 0.3) is 5.91 Å². The molecule has 130 valence electrons. The van der Waals surface area contributed by atoms with Crippen molar-refractivity contribution in [1.29, 1.82) is 0 Å². The zero-order valence-electron chi connectivity index (χ0n) is 12.8. The minimum Gasteiger partial charge on any atom is -0.350 e. The van der Waals surface area contributed by atoms with Crippen LogP contribution in [0.4, 0.5) is 13.2 Å². The summed E-state index contributed by atoms with van der Waals surface area (Å²) >= 11 is 0. The van der Waals surface area contributed by atoms with Crippen molar-refractivity contribution in [3.05, 3.63) is 65.0 Å². The molecule has 4 nitrogen and oxygen atoms in total. The average molecular weight is 360 g/mol. The second-order valence-electron chi connectivity index (χ2n) is 5.05. The smallest absolute Gasteiger partial charge is 0.350 e. The Kier molecular flexibility index (Phi) is 6.74. The van der Waals surface area contributed by atoms with Crippen molar-refractivity contribution < 1.29 is 18.0 Å². The first-order valence-corrected chi connectivity index (χ1v) is 6.92. The summed E-state index contributed by atoms with van der Waals surface area (Å²) in [5.41, 5.74) is 5.91. The molecule has 0 spiro atoms. The van der Waals surface area contributed by atoms with E-state index in [0.29, 0.717) is 0 Å². The molecular formula is C16H17ClF3N3O. The van der Waals surface area contributed by atoms with Crippen LogP contribution in [0.15, 0.2) is 42.5 Å². The molecule has 1 heterocycles. The molecular weight excluding hydrogens is 343 g/mol. The van der Waals surface area contributed by atoms with Crippen LogP contribution in [0.3, 0.4) is 0 Å². The Bertz CT molecular complexity index is 693. The highest BCUT2D eigenvalue weighted by molar-refractivity contribution is 5.95. The average Bonchev–Trinajstić information content (AvgIpc) is 2.52. The number of rotatable bonds is 4. The first-order valence-electron chi connectivity index (χ1n) is 6.92. The van der Waals surface area contributed by atoms with Gasteiger partial charge in [-0.15, -0.1) is 12.4 Å². The molecule has 0 fully saturated rings. The fourth-order valence-electron chi connectivity index (χ4n) is 2.07. The van der Waals surface area contributed by atoms with Crippen LogP contribution in [-0.4, -0.2) is 17.4 Å². The second kappa shape index (κ2) is 8.12. The number of hydrogen-bond acceptors (Lipinski definition) is 3. The number of benzene rings is 1.